The molecule has 4 nitrogen and oxygen atoms in total. The van der Waals surface area contributed by atoms with Crippen LogP contribution in [0.5, 0.6) is 0 Å². The van der Waals surface area contributed by atoms with Crippen LogP contribution in [0.1, 0.15) is 17.2 Å². The summed E-state index contributed by atoms with van der Waals surface area (Å²) in [6, 6.07) is 22.1. The van der Waals surface area contributed by atoms with Gasteiger partial charge in [0.2, 0.25) is 0 Å². The third-order valence-electron chi connectivity index (χ3n) is 4.26. The molecule has 0 radical (unpaired) electrons. The van der Waals surface area contributed by atoms with E-state index in [9.17, 15) is 4.79 Å². The van der Waals surface area contributed by atoms with Gasteiger partial charge in [0.25, 0.3) is 5.56 Å². The molecule has 5 heteroatoms. The van der Waals surface area contributed by atoms with Crippen molar-refractivity contribution in [3.05, 3.63) is 99.9 Å². The maximum Gasteiger partial charge on any atom is 0.271 e. The molecule has 0 atom stereocenters. The Labute approximate surface area is 155 Å². The molecule has 0 fully saturated rings. The van der Waals surface area contributed by atoms with Gasteiger partial charge < -0.3 is 4.74 Å². The lowest BCUT2D eigenvalue weighted by atomic mass is 10.0. The van der Waals surface area contributed by atoms with Crippen LogP contribution in [0.4, 0.5) is 0 Å². The second-order valence-corrected chi connectivity index (χ2v) is 6.87. The molecule has 4 rings (SSSR count). The second kappa shape index (κ2) is 7.64. The minimum absolute atomic E-state index is 0.00966. The summed E-state index contributed by atoms with van der Waals surface area (Å²) in [7, 11) is 0. The number of fused-ring (bicyclic) bond motifs is 1. The summed E-state index contributed by atoms with van der Waals surface area (Å²) in [6.07, 6.45) is 1.44. The highest BCUT2D eigenvalue weighted by Gasteiger charge is 2.14. The van der Waals surface area contributed by atoms with Crippen molar-refractivity contribution in [2.24, 2.45) is 0 Å². The van der Waals surface area contributed by atoms with E-state index in [4.69, 9.17) is 4.74 Å². The van der Waals surface area contributed by atoms with E-state index in [-0.39, 0.29) is 11.7 Å². The van der Waals surface area contributed by atoms with Crippen LogP contribution in [0.15, 0.2) is 83.2 Å². The molecule has 4 aromatic rings. The first kappa shape index (κ1) is 16.7. The minimum atomic E-state index is -0.161. The Morgan fingerprint density at radius 2 is 1.62 bits per heavy atom. The first-order valence-electron chi connectivity index (χ1n) is 8.47. The molecule has 0 aliphatic heterocycles. The van der Waals surface area contributed by atoms with Crippen molar-refractivity contribution in [3.63, 3.8) is 0 Å². The molecule has 0 N–H and O–H groups in total. The number of aromatic nitrogens is 2. The summed E-state index contributed by atoms with van der Waals surface area (Å²) in [5.74, 6) is 0. The third-order valence-corrected chi connectivity index (χ3v) is 5.15. The van der Waals surface area contributed by atoms with Gasteiger partial charge in [0.15, 0.2) is 0 Å². The van der Waals surface area contributed by atoms with Crippen molar-refractivity contribution >= 4 is 21.6 Å². The Bertz CT molecular complexity index is 1000. The minimum Gasteiger partial charge on any atom is -0.367 e. The van der Waals surface area contributed by atoms with E-state index in [0.717, 1.165) is 16.6 Å². The summed E-state index contributed by atoms with van der Waals surface area (Å²) in [5.41, 5.74) is 2.93. The molecule has 0 amide bonds. The Kier molecular flexibility index (Phi) is 4.91. The van der Waals surface area contributed by atoms with Crippen molar-refractivity contribution in [2.45, 2.75) is 12.6 Å². The maximum absolute atomic E-state index is 12.5. The van der Waals surface area contributed by atoms with E-state index in [2.05, 4.69) is 29.2 Å². The molecule has 0 saturated heterocycles. The molecule has 2 aromatic carbocycles. The zero-order chi connectivity index (χ0) is 17.8. The lowest BCUT2D eigenvalue weighted by Crippen LogP contribution is -2.22. The fourth-order valence-electron chi connectivity index (χ4n) is 2.95. The zero-order valence-corrected chi connectivity index (χ0v) is 14.9. The number of hydrogen-bond acceptors (Lipinski definition) is 4. The number of hydrogen-bond donors (Lipinski definition) is 0. The molecule has 26 heavy (non-hydrogen) atoms. The summed E-state index contributed by atoms with van der Waals surface area (Å²) >= 11 is 1.42. The summed E-state index contributed by atoms with van der Waals surface area (Å²) in [5, 5.41) is 1.89. The first-order chi connectivity index (χ1) is 12.8. The predicted octanol–water partition coefficient (Wildman–Crippen LogP) is 4.26. The van der Waals surface area contributed by atoms with E-state index in [1.165, 1.54) is 11.3 Å². The normalized spacial score (nSPS) is 11.3. The van der Waals surface area contributed by atoms with Crippen molar-refractivity contribution in [1.82, 2.24) is 9.55 Å². The second-order valence-electron chi connectivity index (χ2n) is 5.95. The Hall–Kier alpha value is -2.76. The molecule has 0 aliphatic carbocycles. The van der Waals surface area contributed by atoms with E-state index in [1.807, 2.05) is 47.8 Å². The summed E-state index contributed by atoms with van der Waals surface area (Å²) in [4.78, 5) is 16.8. The van der Waals surface area contributed by atoms with Gasteiger partial charge in [0.1, 0.15) is 10.8 Å². The lowest BCUT2D eigenvalue weighted by molar-refractivity contribution is 0.0732. The van der Waals surface area contributed by atoms with Crippen molar-refractivity contribution in [2.75, 3.05) is 6.61 Å². The van der Waals surface area contributed by atoms with Gasteiger partial charge in [-0.3, -0.25) is 9.36 Å². The predicted molar refractivity (Wildman–Crippen MR) is 105 cm³/mol. The maximum atomic E-state index is 12.5. The van der Waals surface area contributed by atoms with Gasteiger partial charge in [-0.1, -0.05) is 60.7 Å². The largest absolute Gasteiger partial charge is 0.367 e. The molecule has 0 saturated carbocycles. The quantitative estimate of drug-likeness (QED) is 0.515. The third kappa shape index (κ3) is 3.45. The lowest BCUT2D eigenvalue weighted by Gasteiger charge is -2.19. The molecule has 0 aliphatic rings. The average Bonchev–Trinajstić information content (AvgIpc) is 3.18. The first-order valence-corrected chi connectivity index (χ1v) is 9.35. The number of rotatable bonds is 6. The van der Waals surface area contributed by atoms with Gasteiger partial charge in [-0.15, -0.1) is 11.3 Å². The van der Waals surface area contributed by atoms with Gasteiger partial charge in [-0.2, -0.15) is 0 Å². The highest BCUT2D eigenvalue weighted by Crippen LogP contribution is 2.25. The molecule has 0 bridgehead atoms. The van der Waals surface area contributed by atoms with Gasteiger partial charge >= 0.3 is 0 Å². The zero-order valence-electron chi connectivity index (χ0n) is 14.1. The Morgan fingerprint density at radius 3 is 2.27 bits per heavy atom. The smallest absolute Gasteiger partial charge is 0.271 e. The van der Waals surface area contributed by atoms with Gasteiger partial charge in [-0.05, 0) is 22.6 Å². The van der Waals surface area contributed by atoms with Crippen LogP contribution in [-0.4, -0.2) is 16.2 Å². The molecular weight excluding hydrogens is 344 g/mol. The molecule has 2 aromatic heterocycles. The van der Waals surface area contributed by atoms with Crippen molar-refractivity contribution in [1.29, 1.82) is 0 Å². The van der Waals surface area contributed by atoms with Crippen molar-refractivity contribution < 1.29 is 4.74 Å². The van der Waals surface area contributed by atoms with E-state index in [0.29, 0.717) is 17.9 Å². The van der Waals surface area contributed by atoms with Crippen molar-refractivity contribution in [3.8, 4) is 0 Å². The topological polar surface area (TPSA) is 44.1 Å². The van der Waals surface area contributed by atoms with Gasteiger partial charge in [0, 0.05) is 0 Å². The number of ether oxygens (including phenoxy) is 1. The molecule has 0 unspecified atom stereocenters. The highest BCUT2D eigenvalue weighted by molar-refractivity contribution is 7.17. The van der Waals surface area contributed by atoms with Crippen LogP contribution in [0.2, 0.25) is 0 Å². The van der Waals surface area contributed by atoms with Gasteiger partial charge in [0.05, 0.1) is 25.0 Å². The SMILES string of the molecule is O=c1c2sccc2ncn1CCOC(c1ccccc1)c1ccccc1. The summed E-state index contributed by atoms with van der Waals surface area (Å²) in [6.45, 7) is 0.892. The van der Waals surface area contributed by atoms with E-state index in [1.54, 1.807) is 10.9 Å². The standard InChI is InChI=1S/C21H18N2O2S/c24-21-20-18(11-14-26-20)22-15-23(21)12-13-25-19(16-7-3-1-4-8-16)17-9-5-2-6-10-17/h1-11,14-15,19H,12-13H2. The monoisotopic (exact) mass is 362 g/mol. The number of nitrogens with zero attached hydrogens (tertiary/aromatic N) is 2. The fraction of sp³-hybridized carbons (Fsp3) is 0.143. The van der Waals surface area contributed by atoms with E-state index >= 15 is 0 Å². The van der Waals surface area contributed by atoms with Crippen LogP contribution in [0.3, 0.4) is 0 Å². The van der Waals surface area contributed by atoms with Crippen LogP contribution < -0.4 is 5.56 Å². The highest BCUT2D eigenvalue weighted by atomic mass is 32.1. The van der Waals surface area contributed by atoms with Crippen LogP contribution >= 0.6 is 11.3 Å². The van der Waals surface area contributed by atoms with Crippen LogP contribution in [-0.2, 0) is 11.3 Å². The van der Waals surface area contributed by atoms with Crippen LogP contribution in [0, 0.1) is 0 Å². The fourth-order valence-corrected chi connectivity index (χ4v) is 3.74. The number of thiophene rings is 1. The Balaban J connectivity index is 1.53. The molecule has 0 spiro atoms. The van der Waals surface area contributed by atoms with E-state index < -0.39 is 0 Å². The van der Waals surface area contributed by atoms with Gasteiger partial charge in [-0.25, -0.2) is 4.98 Å². The van der Waals surface area contributed by atoms with Crippen LogP contribution in [0.25, 0.3) is 10.2 Å². The number of benzene rings is 2. The average molecular weight is 362 g/mol. The molecular formula is C21H18N2O2S. The Morgan fingerprint density at radius 1 is 0.962 bits per heavy atom. The summed E-state index contributed by atoms with van der Waals surface area (Å²) < 4.78 is 8.49. The molecule has 130 valence electrons. The molecule has 2 heterocycles.